The quantitative estimate of drug-likeness (QED) is 0.830. The Morgan fingerprint density at radius 3 is 2.54 bits per heavy atom. The minimum absolute atomic E-state index is 0.0275. The summed E-state index contributed by atoms with van der Waals surface area (Å²) < 4.78 is 18.5. The van der Waals surface area contributed by atoms with Crippen LogP contribution in [0.25, 0.3) is 0 Å². The van der Waals surface area contributed by atoms with Crippen LogP contribution < -0.4 is 9.64 Å². The monoisotopic (exact) mass is 335 g/mol. The van der Waals surface area contributed by atoms with E-state index in [2.05, 4.69) is 4.90 Å². The average Bonchev–Trinajstić information content (AvgIpc) is 2.94. The van der Waals surface area contributed by atoms with E-state index in [1.165, 1.54) is 13.2 Å². The van der Waals surface area contributed by atoms with Crippen LogP contribution in [0.15, 0.2) is 18.2 Å². The summed E-state index contributed by atoms with van der Waals surface area (Å²) in [6.07, 6.45) is 1.05. The first-order valence-electron chi connectivity index (χ1n) is 8.14. The van der Waals surface area contributed by atoms with Crippen molar-refractivity contribution in [1.29, 1.82) is 0 Å². The predicted molar refractivity (Wildman–Crippen MR) is 87.5 cm³/mol. The molecule has 1 atom stereocenters. The van der Waals surface area contributed by atoms with Gasteiger partial charge in [-0.3, -0.25) is 9.59 Å². The summed E-state index contributed by atoms with van der Waals surface area (Å²) in [5, 5.41) is 0. The maximum Gasteiger partial charge on any atom is 0.245 e. The van der Waals surface area contributed by atoms with Crippen LogP contribution in [-0.2, 0) is 9.59 Å². The van der Waals surface area contributed by atoms with E-state index in [-0.39, 0.29) is 29.4 Å². The van der Waals surface area contributed by atoms with Gasteiger partial charge in [0.15, 0.2) is 11.6 Å². The van der Waals surface area contributed by atoms with Gasteiger partial charge in [0.2, 0.25) is 11.8 Å². The van der Waals surface area contributed by atoms with Gasteiger partial charge < -0.3 is 19.4 Å². The highest BCUT2D eigenvalue weighted by atomic mass is 19.1. The van der Waals surface area contributed by atoms with Crippen molar-refractivity contribution in [2.24, 2.45) is 0 Å². The van der Waals surface area contributed by atoms with E-state index in [0.29, 0.717) is 39.0 Å². The molecule has 1 unspecified atom stereocenters. The number of halogens is 1. The number of hydrogen-bond donors (Lipinski definition) is 0. The van der Waals surface area contributed by atoms with Gasteiger partial charge in [-0.15, -0.1) is 0 Å². The van der Waals surface area contributed by atoms with E-state index < -0.39 is 0 Å². The maximum atomic E-state index is 13.5. The molecule has 1 aromatic rings. The number of likely N-dealkylation sites (N-methyl/N-ethyl adjacent to an activating group) is 1. The van der Waals surface area contributed by atoms with Gasteiger partial charge in [-0.05, 0) is 18.6 Å². The molecule has 0 aliphatic carbocycles. The van der Waals surface area contributed by atoms with Crippen LogP contribution in [0.3, 0.4) is 0 Å². The number of carbonyl (C=O) groups excluding carboxylic acids is 2. The number of carbonyl (C=O) groups is 2. The Balaban J connectivity index is 1.61. The average molecular weight is 335 g/mol. The Hall–Kier alpha value is -2.31. The van der Waals surface area contributed by atoms with Crippen molar-refractivity contribution in [2.45, 2.75) is 18.9 Å². The molecule has 0 bridgehead atoms. The molecule has 7 heteroatoms. The largest absolute Gasteiger partial charge is 0.494 e. The Labute approximate surface area is 140 Å². The molecule has 1 aromatic carbocycles. The van der Waals surface area contributed by atoms with E-state index in [1.807, 2.05) is 4.90 Å². The fraction of sp³-hybridized carbons (Fsp3) is 0.529. The highest BCUT2D eigenvalue weighted by Crippen LogP contribution is 2.26. The summed E-state index contributed by atoms with van der Waals surface area (Å²) in [6, 6.07) is 4.47. The molecule has 0 radical (unpaired) electrons. The lowest BCUT2D eigenvalue weighted by Crippen LogP contribution is -2.53. The third-order valence-electron chi connectivity index (χ3n) is 4.87. The second-order valence-corrected chi connectivity index (χ2v) is 6.19. The van der Waals surface area contributed by atoms with Gasteiger partial charge in [-0.2, -0.15) is 0 Å². The fourth-order valence-corrected chi connectivity index (χ4v) is 3.33. The Kier molecular flexibility index (Phi) is 4.59. The van der Waals surface area contributed by atoms with E-state index in [0.717, 1.165) is 5.69 Å². The third kappa shape index (κ3) is 3.02. The summed E-state index contributed by atoms with van der Waals surface area (Å²) in [5.74, 6) is -0.105. The van der Waals surface area contributed by atoms with Crippen LogP contribution in [-0.4, -0.2) is 68.0 Å². The lowest BCUT2D eigenvalue weighted by molar-refractivity contribution is -0.140. The number of ether oxygens (including phenoxy) is 1. The number of amides is 2. The number of rotatable bonds is 3. The topological polar surface area (TPSA) is 53.1 Å². The lowest BCUT2D eigenvalue weighted by atomic mass is 10.1. The first kappa shape index (κ1) is 16.5. The number of benzene rings is 1. The van der Waals surface area contributed by atoms with E-state index in [9.17, 15) is 14.0 Å². The summed E-state index contributed by atoms with van der Waals surface area (Å²) in [4.78, 5) is 29.7. The third-order valence-corrected chi connectivity index (χ3v) is 4.87. The number of anilines is 1. The van der Waals surface area contributed by atoms with Gasteiger partial charge in [0.25, 0.3) is 0 Å². The molecule has 24 heavy (non-hydrogen) atoms. The zero-order chi connectivity index (χ0) is 17.3. The molecular weight excluding hydrogens is 313 g/mol. The number of hydrogen-bond acceptors (Lipinski definition) is 4. The number of likely N-dealkylation sites (tertiary alicyclic amines) is 1. The molecule has 2 fully saturated rings. The molecular formula is C17H22FN3O3. The van der Waals surface area contributed by atoms with Gasteiger partial charge in [0.1, 0.15) is 6.04 Å². The molecule has 3 rings (SSSR count). The van der Waals surface area contributed by atoms with Crippen molar-refractivity contribution in [3.8, 4) is 5.75 Å². The molecule has 0 saturated carbocycles. The highest BCUT2D eigenvalue weighted by Gasteiger charge is 2.36. The number of piperazine rings is 1. The molecule has 2 aliphatic rings. The van der Waals surface area contributed by atoms with Gasteiger partial charge in [0.05, 0.1) is 7.11 Å². The molecule has 0 aromatic heterocycles. The van der Waals surface area contributed by atoms with E-state index >= 15 is 0 Å². The molecule has 2 amide bonds. The minimum atomic E-state index is -0.385. The fourth-order valence-electron chi connectivity index (χ4n) is 3.33. The Morgan fingerprint density at radius 2 is 1.96 bits per heavy atom. The minimum Gasteiger partial charge on any atom is -0.494 e. The van der Waals surface area contributed by atoms with Crippen molar-refractivity contribution in [1.82, 2.24) is 9.80 Å². The van der Waals surface area contributed by atoms with Gasteiger partial charge in [-0.25, -0.2) is 4.39 Å². The van der Waals surface area contributed by atoms with E-state index in [1.54, 1.807) is 24.1 Å². The molecule has 6 nitrogen and oxygen atoms in total. The van der Waals surface area contributed by atoms with Gasteiger partial charge >= 0.3 is 0 Å². The molecule has 0 spiro atoms. The standard InChI is InChI=1S/C17H22FN3O3/c1-19-14(5-6-16(19)22)17(23)21-9-7-20(8-10-21)12-3-4-13(18)15(11-12)24-2/h3-4,11,14H,5-10H2,1-2H3. The van der Waals surface area contributed by atoms with Crippen LogP contribution in [0.5, 0.6) is 5.75 Å². The first-order chi connectivity index (χ1) is 11.5. The highest BCUT2D eigenvalue weighted by molar-refractivity contribution is 5.90. The van der Waals surface area contributed by atoms with Crippen LogP contribution >= 0.6 is 0 Å². The van der Waals surface area contributed by atoms with Gasteiger partial charge in [-0.1, -0.05) is 0 Å². The second-order valence-electron chi connectivity index (χ2n) is 6.19. The zero-order valence-corrected chi connectivity index (χ0v) is 14.0. The predicted octanol–water partition coefficient (Wildman–Crippen LogP) is 1.10. The van der Waals surface area contributed by atoms with Crippen molar-refractivity contribution >= 4 is 17.5 Å². The van der Waals surface area contributed by atoms with Gasteiger partial charge in [0, 0.05) is 51.4 Å². The van der Waals surface area contributed by atoms with Crippen LogP contribution in [0.2, 0.25) is 0 Å². The van der Waals surface area contributed by atoms with Crippen LogP contribution in [0.4, 0.5) is 10.1 Å². The van der Waals surface area contributed by atoms with Crippen molar-refractivity contribution in [3.05, 3.63) is 24.0 Å². The summed E-state index contributed by atoms with van der Waals surface area (Å²) in [5.41, 5.74) is 0.883. The summed E-state index contributed by atoms with van der Waals surface area (Å²) >= 11 is 0. The SMILES string of the molecule is COc1cc(N2CCN(C(=O)C3CCC(=O)N3C)CC2)ccc1F. The first-order valence-corrected chi connectivity index (χ1v) is 8.14. The molecule has 130 valence electrons. The Morgan fingerprint density at radius 1 is 1.25 bits per heavy atom. The molecule has 2 heterocycles. The summed E-state index contributed by atoms with van der Waals surface area (Å²) in [7, 11) is 3.14. The maximum absolute atomic E-state index is 13.5. The summed E-state index contributed by atoms with van der Waals surface area (Å²) in [6.45, 7) is 2.53. The molecule has 0 N–H and O–H groups in total. The van der Waals surface area contributed by atoms with Crippen molar-refractivity contribution < 1.29 is 18.7 Å². The lowest BCUT2D eigenvalue weighted by Gasteiger charge is -2.38. The normalized spacial score (nSPS) is 21.4. The number of methoxy groups -OCH3 is 1. The zero-order valence-electron chi connectivity index (χ0n) is 14.0. The molecule has 2 aliphatic heterocycles. The van der Waals surface area contributed by atoms with Crippen molar-refractivity contribution in [3.63, 3.8) is 0 Å². The molecule has 2 saturated heterocycles. The Bertz CT molecular complexity index is 644. The smallest absolute Gasteiger partial charge is 0.245 e. The van der Waals surface area contributed by atoms with Crippen LogP contribution in [0.1, 0.15) is 12.8 Å². The van der Waals surface area contributed by atoms with E-state index in [4.69, 9.17) is 4.74 Å². The second kappa shape index (κ2) is 6.67. The van der Waals surface area contributed by atoms with Crippen molar-refractivity contribution in [2.75, 3.05) is 45.2 Å². The van der Waals surface area contributed by atoms with Crippen LogP contribution in [0, 0.1) is 5.82 Å². The number of nitrogens with zero attached hydrogens (tertiary/aromatic N) is 3.